The molecule has 0 fully saturated rings. The first-order valence-corrected chi connectivity index (χ1v) is 7.66. The lowest BCUT2D eigenvalue weighted by atomic mass is 9.98. The first-order chi connectivity index (χ1) is 9.63. The molecule has 1 atom stereocenters. The zero-order valence-electron chi connectivity index (χ0n) is 11.1. The largest absolute Gasteiger partial charge is 0.388 e. The van der Waals surface area contributed by atoms with Crippen molar-refractivity contribution in [3.8, 4) is 0 Å². The van der Waals surface area contributed by atoms with E-state index in [-0.39, 0.29) is 5.82 Å². The summed E-state index contributed by atoms with van der Waals surface area (Å²) in [6.45, 7) is 0. The number of aryl methyl sites for hydroxylation is 2. The highest BCUT2D eigenvalue weighted by atomic mass is 79.9. The van der Waals surface area contributed by atoms with Gasteiger partial charge < -0.3 is 5.11 Å². The van der Waals surface area contributed by atoms with E-state index in [0.717, 1.165) is 18.4 Å². The molecule has 1 aliphatic rings. The van der Waals surface area contributed by atoms with Crippen molar-refractivity contribution in [2.75, 3.05) is 0 Å². The number of aliphatic hydroxyl groups is 1. The Labute approximate surface area is 126 Å². The molecule has 20 heavy (non-hydrogen) atoms. The molecule has 1 aliphatic carbocycles. The summed E-state index contributed by atoms with van der Waals surface area (Å²) in [4.78, 5) is 0. The monoisotopic (exact) mass is 334 g/mol. The van der Waals surface area contributed by atoms with E-state index in [4.69, 9.17) is 0 Å². The van der Waals surface area contributed by atoms with Gasteiger partial charge in [0.05, 0.1) is 6.10 Å². The van der Waals surface area contributed by atoms with E-state index in [2.05, 4.69) is 28.1 Å². The Kier molecular flexibility index (Phi) is 3.90. The second kappa shape index (κ2) is 5.66. The number of hydrogen-bond donors (Lipinski definition) is 1. The predicted molar refractivity (Wildman–Crippen MR) is 81.2 cm³/mol. The molecule has 3 heteroatoms. The number of fused-ring (bicyclic) bond motifs is 1. The standard InChI is InChI=1S/C17H16BrFO/c18-15-7-6-13(16(19)10-15)9-17(20)14-5-4-11-2-1-3-12(11)8-14/h4-8,10,17,20H,1-3,9H2. The van der Waals surface area contributed by atoms with E-state index in [1.54, 1.807) is 12.1 Å². The van der Waals surface area contributed by atoms with Gasteiger partial charge in [0.1, 0.15) is 5.82 Å². The van der Waals surface area contributed by atoms with Crippen LogP contribution in [-0.4, -0.2) is 5.11 Å². The quantitative estimate of drug-likeness (QED) is 0.884. The summed E-state index contributed by atoms with van der Waals surface area (Å²) in [6.07, 6.45) is 3.06. The fourth-order valence-corrected chi connectivity index (χ4v) is 3.15. The van der Waals surface area contributed by atoms with Gasteiger partial charge in [0.2, 0.25) is 0 Å². The third-order valence-corrected chi connectivity index (χ3v) is 4.43. The molecule has 0 spiro atoms. The van der Waals surface area contributed by atoms with Crippen LogP contribution < -0.4 is 0 Å². The van der Waals surface area contributed by atoms with Crippen molar-refractivity contribution >= 4 is 15.9 Å². The summed E-state index contributed by atoms with van der Waals surface area (Å²) in [5.74, 6) is -0.278. The number of hydrogen-bond acceptors (Lipinski definition) is 1. The number of benzene rings is 2. The maximum Gasteiger partial charge on any atom is 0.127 e. The Morgan fingerprint density at radius 1 is 1.10 bits per heavy atom. The van der Waals surface area contributed by atoms with Gasteiger partial charge in [-0.3, -0.25) is 0 Å². The van der Waals surface area contributed by atoms with Crippen molar-refractivity contribution in [1.82, 2.24) is 0 Å². The van der Waals surface area contributed by atoms with Gasteiger partial charge in [0, 0.05) is 10.9 Å². The van der Waals surface area contributed by atoms with Crippen molar-refractivity contribution in [1.29, 1.82) is 0 Å². The van der Waals surface area contributed by atoms with Crippen molar-refractivity contribution in [3.05, 3.63) is 68.9 Å². The Morgan fingerprint density at radius 3 is 2.70 bits per heavy atom. The van der Waals surface area contributed by atoms with Crippen LogP contribution in [0, 0.1) is 5.82 Å². The maximum absolute atomic E-state index is 13.8. The summed E-state index contributed by atoms with van der Waals surface area (Å²) in [5.41, 5.74) is 4.14. The molecule has 2 aromatic carbocycles. The van der Waals surface area contributed by atoms with Crippen LogP contribution in [0.15, 0.2) is 40.9 Å². The van der Waals surface area contributed by atoms with E-state index in [1.165, 1.54) is 23.6 Å². The van der Waals surface area contributed by atoms with E-state index >= 15 is 0 Å². The summed E-state index contributed by atoms with van der Waals surface area (Å²) in [6, 6.07) is 11.1. The van der Waals surface area contributed by atoms with Gasteiger partial charge in [-0.05, 0) is 53.6 Å². The van der Waals surface area contributed by atoms with Gasteiger partial charge in [0.25, 0.3) is 0 Å². The molecule has 0 saturated carbocycles. The Balaban J connectivity index is 1.80. The highest BCUT2D eigenvalue weighted by molar-refractivity contribution is 9.10. The molecular formula is C17H16BrFO. The van der Waals surface area contributed by atoms with Crippen molar-refractivity contribution in [3.63, 3.8) is 0 Å². The minimum Gasteiger partial charge on any atom is -0.388 e. The SMILES string of the molecule is OC(Cc1ccc(Br)cc1F)c1ccc2c(c1)CCC2. The van der Waals surface area contributed by atoms with Gasteiger partial charge in [-0.25, -0.2) is 4.39 Å². The van der Waals surface area contributed by atoms with E-state index in [1.807, 2.05) is 6.07 Å². The third-order valence-electron chi connectivity index (χ3n) is 3.94. The smallest absolute Gasteiger partial charge is 0.127 e. The first kappa shape index (κ1) is 13.8. The van der Waals surface area contributed by atoms with Gasteiger partial charge >= 0.3 is 0 Å². The van der Waals surface area contributed by atoms with Gasteiger partial charge in [-0.2, -0.15) is 0 Å². The zero-order chi connectivity index (χ0) is 14.1. The Morgan fingerprint density at radius 2 is 1.90 bits per heavy atom. The summed E-state index contributed by atoms with van der Waals surface area (Å²) < 4.78 is 14.5. The molecule has 1 nitrogen and oxygen atoms in total. The summed E-state index contributed by atoms with van der Waals surface area (Å²) >= 11 is 3.24. The molecule has 1 N–H and O–H groups in total. The van der Waals surface area contributed by atoms with Crippen LogP contribution in [0.3, 0.4) is 0 Å². The second-order valence-corrected chi connectivity index (χ2v) is 6.25. The van der Waals surface area contributed by atoms with Crippen LogP contribution in [0.1, 0.15) is 34.8 Å². The highest BCUT2D eigenvalue weighted by Crippen LogP contribution is 2.27. The van der Waals surface area contributed by atoms with Crippen LogP contribution in [0.25, 0.3) is 0 Å². The molecule has 1 unspecified atom stereocenters. The topological polar surface area (TPSA) is 20.2 Å². The normalized spacial score (nSPS) is 15.2. The van der Waals surface area contributed by atoms with E-state index in [9.17, 15) is 9.50 Å². The molecule has 0 aromatic heterocycles. The molecule has 0 bridgehead atoms. The van der Waals surface area contributed by atoms with Crippen LogP contribution >= 0.6 is 15.9 Å². The van der Waals surface area contributed by atoms with Crippen LogP contribution in [0.4, 0.5) is 4.39 Å². The van der Waals surface area contributed by atoms with Crippen LogP contribution in [0.2, 0.25) is 0 Å². The molecule has 104 valence electrons. The zero-order valence-corrected chi connectivity index (χ0v) is 12.7. The van der Waals surface area contributed by atoms with Crippen molar-refractivity contribution in [2.24, 2.45) is 0 Å². The van der Waals surface area contributed by atoms with E-state index < -0.39 is 6.10 Å². The lowest BCUT2D eigenvalue weighted by Gasteiger charge is -2.13. The summed E-state index contributed by atoms with van der Waals surface area (Å²) in [7, 11) is 0. The molecule has 0 aliphatic heterocycles. The molecular weight excluding hydrogens is 319 g/mol. The van der Waals surface area contributed by atoms with E-state index in [0.29, 0.717) is 16.5 Å². The first-order valence-electron chi connectivity index (χ1n) is 6.87. The van der Waals surface area contributed by atoms with Crippen LogP contribution in [0.5, 0.6) is 0 Å². The van der Waals surface area contributed by atoms with Crippen molar-refractivity contribution < 1.29 is 9.50 Å². The molecule has 0 saturated heterocycles. The fourth-order valence-electron chi connectivity index (χ4n) is 2.81. The molecule has 0 heterocycles. The molecule has 0 amide bonds. The molecule has 0 radical (unpaired) electrons. The van der Waals surface area contributed by atoms with Crippen LogP contribution in [-0.2, 0) is 19.3 Å². The lowest BCUT2D eigenvalue weighted by Crippen LogP contribution is -2.04. The molecule has 2 aromatic rings. The third kappa shape index (κ3) is 2.79. The maximum atomic E-state index is 13.8. The lowest BCUT2D eigenvalue weighted by molar-refractivity contribution is 0.177. The number of rotatable bonds is 3. The minimum absolute atomic E-state index is 0.278. The average molecular weight is 335 g/mol. The summed E-state index contributed by atoms with van der Waals surface area (Å²) in [5, 5.41) is 10.3. The number of halogens is 2. The Hall–Kier alpha value is -1.19. The number of aliphatic hydroxyl groups excluding tert-OH is 1. The van der Waals surface area contributed by atoms with Gasteiger partial charge in [-0.15, -0.1) is 0 Å². The highest BCUT2D eigenvalue weighted by Gasteiger charge is 2.16. The van der Waals surface area contributed by atoms with Crippen molar-refractivity contribution in [2.45, 2.75) is 31.8 Å². The molecule has 3 rings (SSSR count). The fraction of sp³-hybridized carbons (Fsp3) is 0.294. The average Bonchev–Trinajstić information content (AvgIpc) is 2.89. The second-order valence-electron chi connectivity index (χ2n) is 5.34. The minimum atomic E-state index is -0.656. The van der Waals surface area contributed by atoms with Gasteiger partial charge in [-0.1, -0.05) is 40.2 Å². The predicted octanol–water partition coefficient (Wildman–Crippen LogP) is 4.35. The Bertz CT molecular complexity index is 639. The van der Waals surface area contributed by atoms with Gasteiger partial charge in [0.15, 0.2) is 0 Å².